The molecule has 2 fully saturated rings. The molecule has 4 N–H and O–H groups in total. The van der Waals surface area contributed by atoms with E-state index in [0.29, 0.717) is 53.8 Å². The molecule has 5 heterocycles. The summed E-state index contributed by atoms with van der Waals surface area (Å²) in [6.45, 7) is 1.08. The Morgan fingerprint density at radius 2 is 1.26 bits per heavy atom. The summed E-state index contributed by atoms with van der Waals surface area (Å²) in [4.78, 5) is 71.1. The number of fused-ring (bicyclic) bond motifs is 1. The van der Waals surface area contributed by atoms with Gasteiger partial charge in [-0.15, -0.1) is 10.2 Å². The van der Waals surface area contributed by atoms with Gasteiger partial charge in [-0.25, -0.2) is 19.6 Å². The number of alkyl carbamates (subject to hydrolysis) is 2. The highest BCUT2D eigenvalue weighted by molar-refractivity contribution is 5.90. The lowest BCUT2D eigenvalue weighted by Gasteiger charge is -2.28. The molecule has 2 aliphatic heterocycles. The van der Waals surface area contributed by atoms with Gasteiger partial charge in [0.2, 0.25) is 5.91 Å². The summed E-state index contributed by atoms with van der Waals surface area (Å²) >= 11 is 0. The second-order valence-electron chi connectivity index (χ2n) is 14.9. The van der Waals surface area contributed by atoms with E-state index >= 15 is 0 Å². The van der Waals surface area contributed by atoms with Gasteiger partial charge >= 0.3 is 12.2 Å². The van der Waals surface area contributed by atoms with E-state index in [0.717, 1.165) is 46.9 Å². The highest BCUT2D eigenvalue weighted by Crippen LogP contribution is 2.35. The minimum absolute atomic E-state index is 0.0201. The molecule has 0 aliphatic carbocycles. The van der Waals surface area contributed by atoms with Crippen LogP contribution in [0, 0.1) is 0 Å². The number of amides is 4. The molecule has 4 atom stereocenters. The van der Waals surface area contributed by atoms with E-state index < -0.39 is 24.3 Å². The Balaban J connectivity index is 0.940. The normalized spacial score (nSPS) is 17.2. The van der Waals surface area contributed by atoms with Crippen molar-refractivity contribution in [3.63, 3.8) is 0 Å². The van der Waals surface area contributed by atoms with Gasteiger partial charge in [-0.2, -0.15) is 0 Å². The molecule has 2 aliphatic rings. The van der Waals surface area contributed by atoms with Crippen LogP contribution in [0.5, 0.6) is 0 Å². The molecule has 0 bridgehead atoms. The zero-order valence-corrected chi connectivity index (χ0v) is 34.0. The molecule has 0 saturated carbocycles. The average molecular weight is 827 g/mol. The van der Waals surface area contributed by atoms with Gasteiger partial charge in [0.05, 0.1) is 62.4 Å². The van der Waals surface area contributed by atoms with Crippen molar-refractivity contribution in [2.45, 2.75) is 49.9 Å². The number of imidazole rings is 2. The van der Waals surface area contributed by atoms with Gasteiger partial charge in [0.1, 0.15) is 29.4 Å². The number of carbonyl (C=O) groups excluding carboxylic acids is 4. The quantitative estimate of drug-likeness (QED) is 0.115. The number of nitrogens with zero attached hydrogens (tertiary/aromatic N) is 6. The minimum Gasteiger partial charge on any atom is -0.453 e. The van der Waals surface area contributed by atoms with E-state index in [1.54, 1.807) is 34.3 Å². The largest absolute Gasteiger partial charge is 0.453 e. The Morgan fingerprint density at radius 3 is 1.90 bits per heavy atom. The van der Waals surface area contributed by atoms with Crippen LogP contribution in [0.3, 0.4) is 0 Å². The van der Waals surface area contributed by atoms with E-state index in [-0.39, 0.29) is 30.5 Å². The number of carbonyl (C=O) groups is 4. The van der Waals surface area contributed by atoms with Crippen LogP contribution in [-0.2, 0) is 23.8 Å². The second-order valence-corrected chi connectivity index (χ2v) is 14.9. The predicted octanol–water partition coefficient (Wildman–Crippen LogP) is 5.87. The van der Waals surface area contributed by atoms with E-state index in [2.05, 4.69) is 52.9 Å². The van der Waals surface area contributed by atoms with Crippen LogP contribution in [0.15, 0.2) is 91.3 Å². The number of hydrogen-bond donors (Lipinski definition) is 4. The third-order valence-corrected chi connectivity index (χ3v) is 11.2. The van der Waals surface area contributed by atoms with Crippen LogP contribution in [0.4, 0.5) is 9.59 Å². The molecule has 0 unspecified atom stereocenters. The third-order valence-electron chi connectivity index (χ3n) is 11.2. The fourth-order valence-corrected chi connectivity index (χ4v) is 8.14. The summed E-state index contributed by atoms with van der Waals surface area (Å²) in [6, 6.07) is 22.8. The summed E-state index contributed by atoms with van der Waals surface area (Å²) in [5, 5.41) is 16.4. The molecule has 3 aromatic carbocycles. The predicted molar refractivity (Wildman–Crippen MR) is 223 cm³/mol. The summed E-state index contributed by atoms with van der Waals surface area (Å²) in [5.74, 6) is 0.815. The number of methoxy groups -OCH3 is 3. The molecule has 4 amide bonds. The maximum atomic E-state index is 13.9. The maximum absolute atomic E-state index is 13.9. The van der Waals surface area contributed by atoms with Gasteiger partial charge < -0.3 is 44.6 Å². The Hall–Kier alpha value is -7.14. The van der Waals surface area contributed by atoms with Crippen molar-refractivity contribution >= 4 is 34.8 Å². The second kappa shape index (κ2) is 18.0. The SMILES string of the molecule is COC[C@H](NC(=O)OC)C(=O)N1CCC[C@H]1c1ncc(-c2ccc3cc(-c4ccc(-c5cnc([C@@H]6CCCN6C(=O)[C@H](NC(=O)OC)c6ccccc6)[nH]5)nn4)ccc3c2)[nH]1. The monoisotopic (exact) mass is 826 g/mol. The van der Waals surface area contributed by atoms with Gasteiger partial charge in [-0.05, 0) is 66.3 Å². The smallest absolute Gasteiger partial charge is 0.407 e. The average Bonchev–Trinajstić information content (AvgIpc) is 4.15. The van der Waals surface area contributed by atoms with Crippen molar-refractivity contribution in [1.82, 2.24) is 50.6 Å². The molecule has 2 saturated heterocycles. The fourth-order valence-electron chi connectivity index (χ4n) is 8.14. The first-order valence-electron chi connectivity index (χ1n) is 20.1. The van der Waals surface area contributed by atoms with E-state index in [1.807, 2.05) is 54.6 Å². The number of H-pyrrole nitrogens is 2. The third kappa shape index (κ3) is 8.63. The molecule has 8 rings (SSSR count). The number of likely N-dealkylation sites (tertiary alicyclic amines) is 2. The highest BCUT2D eigenvalue weighted by atomic mass is 16.5. The summed E-state index contributed by atoms with van der Waals surface area (Å²) in [6.07, 6.45) is 5.14. The molecule has 17 nitrogen and oxygen atoms in total. The van der Waals surface area contributed by atoms with Crippen molar-refractivity contribution < 1.29 is 33.4 Å². The molecular weight excluding hydrogens is 781 g/mol. The van der Waals surface area contributed by atoms with Crippen LogP contribution >= 0.6 is 0 Å². The molecule has 0 spiro atoms. The fraction of sp³-hybridized carbons (Fsp3) is 0.318. The Labute approximate surface area is 351 Å². The number of aromatic amines is 2. The van der Waals surface area contributed by atoms with Gasteiger partial charge in [-0.3, -0.25) is 9.59 Å². The molecule has 61 heavy (non-hydrogen) atoms. The lowest BCUT2D eigenvalue weighted by Crippen LogP contribution is -2.50. The maximum Gasteiger partial charge on any atom is 0.407 e. The number of nitrogens with one attached hydrogen (secondary N) is 4. The molecule has 17 heteroatoms. The first kappa shape index (κ1) is 40.6. The lowest BCUT2D eigenvalue weighted by atomic mass is 10.0. The Bertz CT molecular complexity index is 2520. The number of ether oxygens (including phenoxy) is 3. The van der Waals surface area contributed by atoms with Crippen LogP contribution in [0.25, 0.3) is 44.7 Å². The van der Waals surface area contributed by atoms with Crippen LogP contribution in [0.2, 0.25) is 0 Å². The van der Waals surface area contributed by atoms with Gasteiger partial charge in [0.15, 0.2) is 0 Å². The van der Waals surface area contributed by atoms with E-state index in [9.17, 15) is 19.2 Å². The zero-order chi connectivity index (χ0) is 42.5. The summed E-state index contributed by atoms with van der Waals surface area (Å²) < 4.78 is 14.7. The van der Waals surface area contributed by atoms with Crippen molar-refractivity contribution in [3.8, 4) is 33.9 Å². The Morgan fingerprint density at radius 1 is 0.689 bits per heavy atom. The van der Waals surface area contributed by atoms with Gasteiger partial charge in [0.25, 0.3) is 5.91 Å². The van der Waals surface area contributed by atoms with Crippen molar-refractivity contribution in [3.05, 3.63) is 108 Å². The lowest BCUT2D eigenvalue weighted by molar-refractivity contribution is -0.136. The molecule has 314 valence electrons. The van der Waals surface area contributed by atoms with Crippen molar-refractivity contribution in [2.75, 3.05) is 41.0 Å². The van der Waals surface area contributed by atoms with Crippen molar-refractivity contribution in [2.24, 2.45) is 0 Å². The van der Waals surface area contributed by atoms with E-state index in [1.165, 1.54) is 21.3 Å². The summed E-state index contributed by atoms with van der Waals surface area (Å²) in [7, 11) is 4.00. The van der Waals surface area contributed by atoms with Crippen molar-refractivity contribution in [1.29, 1.82) is 0 Å². The molecule has 3 aromatic heterocycles. The first-order valence-corrected chi connectivity index (χ1v) is 20.1. The Kier molecular flexibility index (Phi) is 12.0. The highest BCUT2D eigenvalue weighted by Gasteiger charge is 2.38. The summed E-state index contributed by atoms with van der Waals surface area (Å²) in [5.41, 5.74) is 5.32. The molecule has 0 radical (unpaired) electrons. The van der Waals surface area contributed by atoms with E-state index in [4.69, 9.17) is 14.2 Å². The topological polar surface area (TPSA) is 210 Å². The molecule has 6 aromatic rings. The number of benzene rings is 3. The zero-order valence-electron chi connectivity index (χ0n) is 34.0. The van der Waals surface area contributed by atoms with Crippen LogP contribution in [0.1, 0.15) is 61.0 Å². The first-order chi connectivity index (χ1) is 29.7. The number of hydrogen-bond acceptors (Lipinski definition) is 11. The van der Waals surface area contributed by atoms with Gasteiger partial charge in [-0.1, -0.05) is 54.6 Å². The standard InChI is InChI=1S/C44H46N10O7/c1-59-25-35(49-43(57)60-2)41(55)53-19-7-11-36(53)39-45-23-33(47-39)30-16-14-27-21-29(15-13-28(27)22-30)31-17-18-32(52-51-31)34-24-46-40(48-34)37-12-8-20-54(37)42(56)38(50-44(58)61-3)26-9-5-4-6-10-26/h4-6,9-10,13-18,21-24,35-38H,7-8,11-12,19-20,25H2,1-3H3,(H,45,47)(H,46,48)(H,49,57)(H,50,58)/t35-,36-,37-,38+/m0/s1. The molecular formula is C44H46N10O7. The van der Waals surface area contributed by atoms with Crippen LogP contribution in [-0.4, -0.2) is 111 Å². The van der Waals surface area contributed by atoms with Crippen LogP contribution < -0.4 is 10.6 Å². The minimum atomic E-state index is -0.905. The number of rotatable bonds is 12. The van der Waals surface area contributed by atoms with Gasteiger partial charge in [0, 0.05) is 31.3 Å². The number of aromatic nitrogens is 6.